The van der Waals surface area contributed by atoms with Gasteiger partial charge in [-0.25, -0.2) is 4.84 Å². The minimum atomic E-state index is -0.359. The summed E-state index contributed by atoms with van der Waals surface area (Å²) < 4.78 is 5.06. The molecule has 0 rings (SSSR count). The lowest BCUT2D eigenvalue weighted by Crippen LogP contribution is -2.38. The van der Waals surface area contributed by atoms with Gasteiger partial charge in [-0.15, -0.1) is 0 Å². The van der Waals surface area contributed by atoms with E-state index in [4.69, 9.17) is 16.5 Å². The zero-order chi connectivity index (χ0) is 11.0. The van der Waals surface area contributed by atoms with E-state index in [9.17, 15) is 4.79 Å². The zero-order valence-electron chi connectivity index (χ0n) is 9.23. The highest BCUT2D eigenvalue weighted by Crippen LogP contribution is 2.06. The van der Waals surface area contributed by atoms with Gasteiger partial charge in [0.05, 0.1) is 5.54 Å². The first kappa shape index (κ1) is 13.7. The van der Waals surface area contributed by atoms with Crippen LogP contribution < -0.4 is 4.84 Å². The molecule has 4 heteroatoms. The van der Waals surface area contributed by atoms with Crippen LogP contribution in [0.15, 0.2) is 0 Å². The van der Waals surface area contributed by atoms with Gasteiger partial charge in [-0.1, -0.05) is 19.8 Å². The van der Waals surface area contributed by atoms with Crippen LogP contribution in [0, 0.1) is 0 Å². The first-order valence-electron chi connectivity index (χ1n) is 5.05. The number of hydrogen-bond donors (Lipinski definition) is 1. The molecule has 0 saturated carbocycles. The summed E-state index contributed by atoms with van der Waals surface area (Å²) in [6.07, 6.45) is 3.60. The Morgan fingerprint density at radius 3 is 2.57 bits per heavy atom. The highest BCUT2D eigenvalue weighted by Gasteiger charge is 2.18. The summed E-state index contributed by atoms with van der Waals surface area (Å²) in [4.78, 5) is 13.7. The maximum atomic E-state index is 11.2. The van der Waals surface area contributed by atoms with Crippen molar-refractivity contribution in [3.8, 4) is 0 Å². The predicted octanol–water partition coefficient (Wildman–Crippen LogP) is 2.63. The molecule has 14 heavy (non-hydrogen) atoms. The van der Waals surface area contributed by atoms with Crippen LogP contribution in [0.5, 0.6) is 0 Å². The second-order valence-electron chi connectivity index (χ2n) is 4.10. The quantitative estimate of drug-likeness (QED) is 0.408. The Kier molecular flexibility index (Phi) is 6.93. The van der Waals surface area contributed by atoms with Crippen molar-refractivity contribution in [3.63, 3.8) is 0 Å². The monoisotopic (exact) mass is 221 g/mol. The highest BCUT2D eigenvalue weighted by atomic mass is 35.5. The molecule has 84 valence electrons. The standard InChI is InChI=1S/C10H20ClNO2/c1-4-5-6-7-9(13)14-8-10(2,3)12-11/h12H,4-8H2,1-3H3. The van der Waals surface area contributed by atoms with E-state index in [1.807, 2.05) is 13.8 Å². The Morgan fingerprint density at radius 2 is 2.07 bits per heavy atom. The van der Waals surface area contributed by atoms with Gasteiger partial charge in [0.2, 0.25) is 0 Å². The fourth-order valence-electron chi connectivity index (χ4n) is 0.880. The van der Waals surface area contributed by atoms with Gasteiger partial charge in [-0.2, -0.15) is 0 Å². The maximum Gasteiger partial charge on any atom is 0.305 e. The lowest BCUT2D eigenvalue weighted by Gasteiger charge is -2.21. The molecule has 0 aromatic rings. The SMILES string of the molecule is CCCCCC(=O)OCC(C)(C)NCl. The van der Waals surface area contributed by atoms with Gasteiger partial charge >= 0.3 is 5.97 Å². The first-order chi connectivity index (χ1) is 6.52. The number of hydrogen-bond acceptors (Lipinski definition) is 3. The topological polar surface area (TPSA) is 38.3 Å². The Labute approximate surface area is 91.3 Å². The molecule has 0 amide bonds. The third-order valence-corrected chi connectivity index (χ3v) is 2.35. The molecule has 0 aromatic carbocycles. The molecule has 0 aliphatic rings. The van der Waals surface area contributed by atoms with E-state index in [1.165, 1.54) is 0 Å². The highest BCUT2D eigenvalue weighted by molar-refractivity contribution is 6.13. The summed E-state index contributed by atoms with van der Waals surface area (Å²) in [6, 6.07) is 0. The van der Waals surface area contributed by atoms with Crippen molar-refractivity contribution in [1.82, 2.24) is 4.84 Å². The zero-order valence-corrected chi connectivity index (χ0v) is 9.99. The van der Waals surface area contributed by atoms with Crippen molar-refractivity contribution in [3.05, 3.63) is 0 Å². The van der Waals surface area contributed by atoms with E-state index in [0.29, 0.717) is 13.0 Å². The largest absolute Gasteiger partial charge is 0.464 e. The number of rotatable bonds is 7. The van der Waals surface area contributed by atoms with Gasteiger partial charge < -0.3 is 4.74 Å². The molecule has 0 radical (unpaired) electrons. The van der Waals surface area contributed by atoms with Crippen LogP contribution in [0.2, 0.25) is 0 Å². The Morgan fingerprint density at radius 1 is 1.43 bits per heavy atom. The van der Waals surface area contributed by atoms with Crippen LogP contribution in [-0.2, 0) is 9.53 Å². The van der Waals surface area contributed by atoms with Crippen LogP contribution in [-0.4, -0.2) is 18.1 Å². The maximum absolute atomic E-state index is 11.2. The van der Waals surface area contributed by atoms with Gasteiger partial charge in [0.25, 0.3) is 0 Å². The fourth-order valence-corrected chi connectivity index (χ4v) is 0.934. The van der Waals surface area contributed by atoms with E-state index in [2.05, 4.69) is 11.8 Å². The van der Waals surface area contributed by atoms with Crippen LogP contribution >= 0.6 is 11.8 Å². The van der Waals surface area contributed by atoms with Gasteiger partial charge in [0.15, 0.2) is 0 Å². The number of nitrogens with one attached hydrogen (secondary N) is 1. The summed E-state index contributed by atoms with van der Waals surface area (Å²) in [5.74, 6) is -0.140. The molecule has 0 aromatic heterocycles. The van der Waals surface area contributed by atoms with Crippen molar-refractivity contribution in [2.45, 2.75) is 52.0 Å². The second-order valence-corrected chi connectivity index (χ2v) is 4.29. The number of unbranched alkanes of at least 4 members (excludes halogenated alkanes) is 2. The number of carbonyl (C=O) groups is 1. The van der Waals surface area contributed by atoms with Crippen molar-refractivity contribution >= 4 is 17.7 Å². The molecule has 0 heterocycles. The minimum Gasteiger partial charge on any atom is -0.464 e. The minimum absolute atomic E-state index is 0.140. The van der Waals surface area contributed by atoms with E-state index in [-0.39, 0.29) is 11.5 Å². The summed E-state index contributed by atoms with van der Waals surface area (Å²) in [6.45, 7) is 6.16. The van der Waals surface area contributed by atoms with Crippen molar-refractivity contribution < 1.29 is 9.53 Å². The van der Waals surface area contributed by atoms with Crippen LogP contribution in [0.4, 0.5) is 0 Å². The molecule has 3 nitrogen and oxygen atoms in total. The number of ether oxygens (including phenoxy) is 1. The van der Waals surface area contributed by atoms with Crippen molar-refractivity contribution in [2.24, 2.45) is 0 Å². The lowest BCUT2D eigenvalue weighted by atomic mass is 10.1. The number of esters is 1. The fraction of sp³-hybridized carbons (Fsp3) is 0.900. The van der Waals surface area contributed by atoms with E-state index < -0.39 is 0 Å². The molecule has 0 unspecified atom stereocenters. The molecule has 1 N–H and O–H groups in total. The van der Waals surface area contributed by atoms with E-state index >= 15 is 0 Å². The normalized spacial score (nSPS) is 11.4. The number of carbonyl (C=O) groups excluding carboxylic acids is 1. The average Bonchev–Trinajstić information content (AvgIpc) is 2.16. The Balaban J connectivity index is 3.53. The third-order valence-electron chi connectivity index (χ3n) is 1.83. The second kappa shape index (κ2) is 7.07. The van der Waals surface area contributed by atoms with Crippen molar-refractivity contribution in [1.29, 1.82) is 0 Å². The number of halogens is 1. The summed E-state index contributed by atoms with van der Waals surface area (Å²) in [5.41, 5.74) is -0.359. The van der Waals surface area contributed by atoms with E-state index in [0.717, 1.165) is 19.3 Å². The summed E-state index contributed by atoms with van der Waals surface area (Å²) in [5, 5.41) is 0. The molecular formula is C10H20ClNO2. The third kappa shape index (κ3) is 7.15. The Hall–Kier alpha value is -0.280. The van der Waals surface area contributed by atoms with Gasteiger partial charge in [0, 0.05) is 6.42 Å². The van der Waals surface area contributed by atoms with Crippen LogP contribution in [0.1, 0.15) is 46.5 Å². The summed E-state index contributed by atoms with van der Waals surface area (Å²) in [7, 11) is 0. The average molecular weight is 222 g/mol. The van der Waals surface area contributed by atoms with Gasteiger partial charge in [0.1, 0.15) is 6.61 Å². The molecule has 0 saturated heterocycles. The summed E-state index contributed by atoms with van der Waals surface area (Å²) >= 11 is 5.46. The first-order valence-corrected chi connectivity index (χ1v) is 5.43. The van der Waals surface area contributed by atoms with E-state index in [1.54, 1.807) is 0 Å². The molecule has 0 aliphatic carbocycles. The van der Waals surface area contributed by atoms with Gasteiger partial charge in [-0.05, 0) is 32.0 Å². The lowest BCUT2D eigenvalue weighted by molar-refractivity contribution is -0.145. The molecule has 0 bridgehead atoms. The van der Waals surface area contributed by atoms with Gasteiger partial charge in [-0.3, -0.25) is 4.79 Å². The molecular weight excluding hydrogens is 202 g/mol. The smallest absolute Gasteiger partial charge is 0.305 e. The van der Waals surface area contributed by atoms with Crippen LogP contribution in [0.25, 0.3) is 0 Å². The van der Waals surface area contributed by atoms with Crippen molar-refractivity contribution in [2.75, 3.05) is 6.61 Å². The molecule has 0 aliphatic heterocycles. The van der Waals surface area contributed by atoms with Crippen LogP contribution in [0.3, 0.4) is 0 Å². The molecule has 0 atom stereocenters. The molecule has 0 spiro atoms. The molecule has 0 fully saturated rings. The predicted molar refractivity (Wildman–Crippen MR) is 58.2 cm³/mol. The Bertz CT molecular complexity index is 172.